The third kappa shape index (κ3) is 4.09. The van der Waals surface area contributed by atoms with Gasteiger partial charge in [0.1, 0.15) is 0 Å². The summed E-state index contributed by atoms with van der Waals surface area (Å²) in [6.07, 6.45) is 3.22. The molecule has 0 aliphatic carbocycles. The van der Waals surface area contributed by atoms with Crippen LogP contribution < -0.4 is 5.43 Å². The van der Waals surface area contributed by atoms with Crippen molar-refractivity contribution in [1.29, 1.82) is 0 Å². The van der Waals surface area contributed by atoms with E-state index in [-0.39, 0.29) is 0 Å². The van der Waals surface area contributed by atoms with E-state index in [9.17, 15) is 0 Å². The SMILES string of the molecule is Clc1cnc(N/N=C\c2ccc(-c3ccccc3)cc2)c(Cl)c1. The molecule has 3 rings (SSSR count). The van der Waals surface area contributed by atoms with Gasteiger partial charge in [-0.1, -0.05) is 77.8 Å². The minimum atomic E-state index is 0.425. The number of pyridine rings is 1. The van der Waals surface area contributed by atoms with Crippen molar-refractivity contribution >= 4 is 35.2 Å². The molecule has 1 aromatic heterocycles. The summed E-state index contributed by atoms with van der Waals surface area (Å²) in [6.45, 7) is 0. The molecule has 0 atom stereocenters. The van der Waals surface area contributed by atoms with Crippen molar-refractivity contribution in [3.05, 3.63) is 82.5 Å². The molecular formula is C18H13Cl2N3. The van der Waals surface area contributed by atoms with Crippen molar-refractivity contribution in [3.63, 3.8) is 0 Å². The second kappa shape index (κ2) is 7.27. The van der Waals surface area contributed by atoms with Crippen LogP contribution in [-0.2, 0) is 0 Å². The molecule has 1 N–H and O–H groups in total. The molecule has 114 valence electrons. The van der Waals surface area contributed by atoms with Crippen LogP contribution in [0.5, 0.6) is 0 Å². The van der Waals surface area contributed by atoms with Crippen LogP contribution in [0.4, 0.5) is 5.82 Å². The van der Waals surface area contributed by atoms with Crippen molar-refractivity contribution in [1.82, 2.24) is 4.98 Å². The quantitative estimate of drug-likeness (QED) is 0.502. The molecular weight excluding hydrogens is 329 g/mol. The number of hydrogen-bond donors (Lipinski definition) is 1. The molecule has 0 saturated carbocycles. The lowest BCUT2D eigenvalue weighted by molar-refractivity contribution is 1.23. The highest BCUT2D eigenvalue weighted by Crippen LogP contribution is 2.22. The molecule has 0 aliphatic rings. The van der Waals surface area contributed by atoms with Gasteiger partial charge in [0, 0.05) is 6.20 Å². The molecule has 0 unspecified atom stereocenters. The molecule has 23 heavy (non-hydrogen) atoms. The maximum atomic E-state index is 6.02. The molecule has 3 nitrogen and oxygen atoms in total. The second-order valence-electron chi connectivity index (χ2n) is 4.84. The predicted octanol–water partition coefficient (Wildman–Crippen LogP) is 5.50. The number of anilines is 1. The number of hydrazone groups is 1. The van der Waals surface area contributed by atoms with Gasteiger partial charge in [0.15, 0.2) is 5.82 Å². The maximum absolute atomic E-state index is 6.02. The van der Waals surface area contributed by atoms with Gasteiger partial charge in [0.25, 0.3) is 0 Å². The summed E-state index contributed by atoms with van der Waals surface area (Å²) in [5.41, 5.74) is 6.13. The Labute approximate surface area is 144 Å². The minimum Gasteiger partial charge on any atom is -0.260 e. The first-order valence-corrected chi connectivity index (χ1v) is 7.73. The van der Waals surface area contributed by atoms with Gasteiger partial charge in [0.05, 0.1) is 16.3 Å². The lowest BCUT2D eigenvalue weighted by Gasteiger charge is -2.03. The molecule has 0 saturated heterocycles. The lowest BCUT2D eigenvalue weighted by atomic mass is 10.0. The highest BCUT2D eigenvalue weighted by atomic mass is 35.5. The number of nitrogens with zero attached hydrogens (tertiary/aromatic N) is 2. The van der Waals surface area contributed by atoms with Crippen LogP contribution in [-0.4, -0.2) is 11.2 Å². The molecule has 0 amide bonds. The zero-order chi connectivity index (χ0) is 16.1. The van der Waals surface area contributed by atoms with Crippen molar-refractivity contribution in [2.24, 2.45) is 5.10 Å². The van der Waals surface area contributed by atoms with Crippen LogP contribution in [0.1, 0.15) is 5.56 Å². The van der Waals surface area contributed by atoms with E-state index >= 15 is 0 Å². The second-order valence-corrected chi connectivity index (χ2v) is 5.69. The summed E-state index contributed by atoms with van der Waals surface area (Å²) in [7, 11) is 0. The van der Waals surface area contributed by atoms with E-state index in [2.05, 4.69) is 39.8 Å². The number of halogens is 2. The third-order valence-electron chi connectivity index (χ3n) is 3.21. The Kier molecular flexibility index (Phi) is 4.91. The largest absolute Gasteiger partial charge is 0.260 e. The van der Waals surface area contributed by atoms with Crippen LogP contribution in [0.25, 0.3) is 11.1 Å². The zero-order valence-electron chi connectivity index (χ0n) is 12.1. The van der Waals surface area contributed by atoms with Gasteiger partial charge in [-0.05, 0) is 22.8 Å². The Balaban J connectivity index is 1.68. The van der Waals surface area contributed by atoms with Crippen LogP contribution in [0.3, 0.4) is 0 Å². The molecule has 0 bridgehead atoms. The molecule has 0 aliphatic heterocycles. The normalized spacial score (nSPS) is 10.9. The Morgan fingerprint density at radius 2 is 1.61 bits per heavy atom. The standard InChI is InChI=1S/C18H13Cl2N3/c19-16-10-17(20)18(21-12-16)23-22-11-13-6-8-15(9-7-13)14-4-2-1-3-5-14/h1-12H,(H,21,23)/b22-11-. The lowest BCUT2D eigenvalue weighted by Crippen LogP contribution is -1.94. The van der Waals surface area contributed by atoms with Gasteiger partial charge in [-0.2, -0.15) is 5.10 Å². The monoisotopic (exact) mass is 341 g/mol. The Morgan fingerprint density at radius 3 is 2.30 bits per heavy atom. The highest BCUT2D eigenvalue weighted by Gasteiger charge is 2.01. The first-order valence-electron chi connectivity index (χ1n) is 6.98. The maximum Gasteiger partial charge on any atom is 0.165 e. The molecule has 3 aromatic rings. The Hall–Kier alpha value is -2.36. The fraction of sp³-hybridized carbons (Fsp3) is 0. The number of rotatable bonds is 4. The molecule has 0 fully saturated rings. The first kappa shape index (κ1) is 15.5. The number of benzene rings is 2. The van der Waals surface area contributed by atoms with E-state index in [1.54, 1.807) is 12.3 Å². The number of nitrogens with one attached hydrogen (secondary N) is 1. The van der Waals surface area contributed by atoms with Gasteiger partial charge in [-0.15, -0.1) is 0 Å². The van der Waals surface area contributed by atoms with Crippen LogP contribution >= 0.6 is 23.2 Å². The van der Waals surface area contributed by atoms with Crippen LogP contribution in [0.2, 0.25) is 10.0 Å². The summed E-state index contributed by atoms with van der Waals surface area (Å²) in [5, 5.41) is 5.05. The first-order chi connectivity index (χ1) is 11.2. The minimum absolute atomic E-state index is 0.425. The van der Waals surface area contributed by atoms with Gasteiger partial charge in [-0.25, -0.2) is 4.98 Å². The fourth-order valence-electron chi connectivity index (χ4n) is 2.06. The van der Waals surface area contributed by atoms with Crippen LogP contribution in [0.15, 0.2) is 72.0 Å². The fourth-order valence-corrected chi connectivity index (χ4v) is 2.48. The van der Waals surface area contributed by atoms with Crippen LogP contribution in [0, 0.1) is 0 Å². The predicted molar refractivity (Wildman–Crippen MR) is 97.4 cm³/mol. The van der Waals surface area contributed by atoms with Crippen molar-refractivity contribution < 1.29 is 0 Å². The van der Waals surface area contributed by atoms with Crippen molar-refractivity contribution in [2.45, 2.75) is 0 Å². The van der Waals surface area contributed by atoms with Crippen molar-refractivity contribution in [2.75, 3.05) is 5.43 Å². The average molecular weight is 342 g/mol. The highest BCUT2D eigenvalue weighted by molar-refractivity contribution is 6.35. The number of hydrogen-bond acceptors (Lipinski definition) is 3. The van der Waals surface area contributed by atoms with E-state index in [1.165, 1.54) is 11.8 Å². The van der Waals surface area contributed by atoms with Gasteiger partial charge in [0.2, 0.25) is 0 Å². The summed E-state index contributed by atoms with van der Waals surface area (Å²) in [6, 6.07) is 20.0. The van der Waals surface area contributed by atoms with E-state index in [0.29, 0.717) is 15.9 Å². The van der Waals surface area contributed by atoms with Gasteiger partial charge in [-0.3, -0.25) is 5.43 Å². The topological polar surface area (TPSA) is 37.3 Å². The zero-order valence-corrected chi connectivity index (χ0v) is 13.6. The van der Waals surface area contributed by atoms with Gasteiger partial charge >= 0.3 is 0 Å². The van der Waals surface area contributed by atoms with E-state index in [0.717, 1.165) is 11.1 Å². The van der Waals surface area contributed by atoms with Gasteiger partial charge < -0.3 is 0 Å². The van der Waals surface area contributed by atoms with E-state index in [1.807, 2.05) is 30.3 Å². The Morgan fingerprint density at radius 1 is 0.913 bits per heavy atom. The molecule has 1 heterocycles. The van der Waals surface area contributed by atoms with E-state index in [4.69, 9.17) is 23.2 Å². The molecule has 2 aromatic carbocycles. The van der Waals surface area contributed by atoms with Crippen molar-refractivity contribution in [3.8, 4) is 11.1 Å². The summed E-state index contributed by atoms with van der Waals surface area (Å²) >= 11 is 11.8. The molecule has 0 radical (unpaired) electrons. The summed E-state index contributed by atoms with van der Waals surface area (Å²) < 4.78 is 0. The summed E-state index contributed by atoms with van der Waals surface area (Å²) in [4.78, 5) is 4.07. The number of aromatic nitrogens is 1. The smallest absolute Gasteiger partial charge is 0.165 e. The molecule has 0 spiro atoms. The van der Waals surface area contributed by atoms with E-state index < -0.39 is 0 Å². The molecule has 5 heteroatoms. The third-order valence-corrected chi connectivity index (χ3v) is 3.70. The summed E-state index contributed by atoms with van der Waals surface area (Å²) in [5.74, 6) is 0.466. The Bertz CT molecular complexity index is 815. The average Bonchev–Trinajstić information content (AvgIpc) is 2.58.